The number of halogens is 4. The van der Waals surface area contributed by atoms with Crippen molar-refractivity contribution in [2.75, 3.05) is 0 Å². The average molecular weight is 429 g/mol. The van der Waals surface area contributed by atoms with E-state index in [1.54, 1.807) is 0 Å². The number of carbonyl (C=O) groups excluding carboxylic acids is 1. The zero-order chi connectivity index (χ0) is 21.8. The lowest BCUT2D eigenvalue weighted by molar-refractivity contribution is -0.141. The molecule has 4 heterocycles. The first-order chi connectivity index (χ1) is 14.8. The van der Waals surface area contributed by atoms with Gasteiger partial charge in [-0.3, -0.25) is 14.8 Å². The number of aromatic nitrogens is 5. The van der Waals surface area contributed by atoms with E-state index in [-0.39, 0.29) is 22.8 Å². The van der Waals surface area contributed by atoms with Crippen LogP contribution < -0.4 is 0 Å². The molecule has 1 aliphatic rings. The number of ketones is 1. The topological polar surface area (TPSA) is 87.3 Å². The highest BCUT2D eigenvalue weighted by atomic mass is 19.4. The number of hydrogen-bond donors (Lipinski definition) is 2. The van der Waals surface area contributed by atoms with Crippen molar-refractivity contribution in [2.45, 2.75) is 31.4 Å². The Hall–Kier alpha value is -3.56. The zero-order valence-corrected chi connectivity index (χ0v) is 15.9. The number of rotatable bonds is 4. The van der Waals surface area contributed by atoms with E-state index in [1.165, 1.54) is 24.5 Å². The number of carbonyl (C=O) groups is 1. The van der Waals surface area contributed by atoms with Crippen molar-refractivity contribution in [3.05, 3.63) is 65.1 Å². The first kappa shape index (κ1) is 19.4. The molecule has 1 fully saturated rings. The fraction of sp³-hybridized carbons (Fsp3) is 0.238. The molecular formula is C21H15F4N5O. The number of hydrogen-bond acceptors (Lipinski definition) is 4. The molecule has 31 heavy (non-hydrogen) atoms. The third-order valence-electron chi connectivity index (χ3n) is 5.51. The monoisotopic (exact) mass is 429 g/mol. The van der Waals surface area contributed by atoms with E-state index in [1.807, 2.05) is 0 Å². The van der Waals surface area contributed by atoms with Crippen molar-refractivity contribution in [1.29, 1.82) is 0 Å². The molecule has 6 nitrogen and oxygen atoms in total. The summed E-state index contributed by atoms with van der Waals surface area (Å²) < 4.78 is 54.4. The van der Waals surface area contributed by atoms with Crippen LogP contribution in [0.15, 0.2) is 36.8 Å². The summed E-state index contributed by atoms with van der Waals surface area (Å²) in [4.78, 5) is 30.2. The standard InChI is InChI=1S/C21H15F4N5O/c22-15-16(10-3-1-4-10)28-9-14-17(15)30-20(29-14)13-7-11(8-27-13)18(31)12-5-2-6-26-19(12)21(23,24)25/h2,5-10,27H,1,3-4H2,(H,29,30). The summed E-state index contributed by atoms with van der Waals surface area (Å²) in [6, 6.07) is 3.71. The minimum atomic E-state index is -4.76. The van der Waals surface area contributed by atoms with Gasteiger partial charge < -0.3 is 9.97 Å². The number of aromatic amines is 2. The molecule has 0 aromatic carbocycles. The Morgan fingerprint density at radius 1 is 1.19 bits per heavy atom. The van der Waals surface area contributed by atoms with Crippen LogP contribution in [0, 0.1) is 5.82 Å². The lowest BCUT2D eigenvalue weighted by Crippen LogP contribution is -2.15. The van der Waals surface area contributed by atoms with Gasteiger partial charge in [0, 0.05) is 23.9 Å². The zero-order valence-electron chi connectivity index (χ0n) is 15.9. The molecule has 0 unspecified atom stereocenters. The number of fused-ring (bicyclic) bond motifs is 1. The molecule has 4 aromatic rings. The SMILES string of the molecule is O=C(c1c[nH]c(-c2nc3c(F)c(C4CCC4)ncc3[nH]2)c1)c1cccnc1C(F)(F)F. The number of alkyl halides is 3. The number of pyridine rings is 2. The van der Waals surface area contributed by atoms with Gasteiger partial charge in [0.05, 0.1) is 28.7 Å². The first-order valence-electron chi connectivity index (χ1n) is 9.62. The molecule has 10 heteroatoms. The van der Waals surface area contributed by atoms with Gasteiger partial charge in [-0.05, 0) is 31.0 Å². The van der Waals surface area contributed by atoms with Crippen molar-refractivity contribution in [2.24, 2.45) is 0 Å². The molecule has 5 rings (SSSR count). The van der Waals surface area contributed by atoms with Crippen molar-refractivity contribution in [1.82, 2.24) is 24.9 Å². The van der Waals surface area contributed by atoms with Crippen LogP contribution in [0.3, 0.4) is 0 Å². The maximum absolute atomic E-state index is 14.9. The third kappa shape index (κ3) is 3.28. The van der Waals surface area contributed by atoms with Crippen LogP contribution in [0.4, 0.5) is 17.6 Å². The summed E-state index contributed by atoms with van der Waals surface area (Å²) in [5, 5.41) is 0. The fourth-order valence-electron chi connectivity index (χ4n) is 3.69. The van der Waals surface area contributed by atoms with E-state index in [0.717, 1.165) is 31.5 Å². The molecule has 1 saturated carbocycles. The normalized spacial score (nSPS) is 14.7. The van der Waals surface area contributed by atoms with E-state index in [9.17, 15) is 22.4 Å². The van der Waals surface area contributed by atoms with E-state index in [4.69, 9.17) is 0 Å². The second kappa shape index (κ2) is 7.00. The summed E-state index contributed by atoms with van der Waals surface area (Å²) in [6.07, 6.45) is 1.85. The van der Waals surface area contributed by atoms with Gasteiger partial charge >= 0.3 is 6.18 Å². The largest absolute Gasteiger partial charge is 0.434 e. The highest BCUT2D eigenvalue weighted by Gasteiger charge is 2.37. The van der Waals surface area contributed by atoms with Crippen molar-refractivity contribution >= 4 is 16.8 Å². The van der Waals surface area contributed by atoms with Gasteiger partial charge in [0.2, 0.25) is 0 Å². The molecule has 2 N–H and O–H groups in total. The van der Waals surface area contributed by atoms with Gasteiger partial charge in [0.15, 0.2) is 23.1 Å². The van der Waals surface area contributed by atoms with Gasteiger partial charge in [0.1, 0.15) is 5.52 Å². The maximum atomic E-state index is 14.9. The Labute approximate surface area is 172 Å². The molecule has 0 bridgehead atoms. The third-order valence-corrected chi connectivity index (χ3v) is 5.51. The van der Waals surface area contributed by atoms with Crippen LogP contribution in [0.1, 0.15) is 52.5 Å². The Bertz CT molecular complexity index is 1300. The van der Waals surface area contributed by atoms with Crippen molar-refractivity contribution in [3.8, 4) is 11.5 Å². The van der Waals surface area contributed by atoms with Crippen LogP contribution in [0.25, 0.3) is 22.6 Å². The van der Waals surface area contributed by atoms with Crippen LogP contribution in [0.5, 0.6) is 0 Å². The second-order valence-electron chi connectivity index (χ2n) is 7.46. The number of imidazole rings is 1. The Morgan fingerprint density at radius 2 is 2.00 bits per heavy atom. The Kier molecular flexibility index (Phi) is 4.38. The molecule has 0 aliphatic heterocycles. The molecule has 4 aromatic heterocycles. The lowest BCUT2D eigenvalue weighted by Gasteiger charge is -2.24. The predicted octanol–water partition coefficient (Wildman–Crippen LogP) is 5.00. The van der Waals surface area contributed by atoms with E-state index < -0.39 is 29.0 Å². The fourth-order valence-corrected chi connectivity index (χ4v) is 3.69. The van der Waals surface area contributed by atoms with Gasteiger partial charge in [0.25, 0.3) is 0 Å². The summed E-state index contributed by atoms with van der Waals surface area (Å²) in [5.74, 6) is -0.957. The highest BCUT2D eigenvalue weighted by molar-refractivity contribution is 6.10. The highest BCUT2D eigenvalue weighted by Crippen LogP contribution is 2.38. The summed E-state index contributed by atoms with van der Waals surface area (Å²) in [6.45, 7) is 0. The molecule has 0 amide bonds. The molecule has 0 radical (unpaired) electrons. The molecule has 0 atom stereocenters. The molecule has 0 spiro atoms. The summed E-state index contributed by atoms with van der Waals surface area (Å²) in [7, 11) is 0. The van der Waals surface area contributed by atoms with E-state index in [2.05, 4.69) is 24.9 Å². The average Bonchev–Trinajstić information content (AvgIpc) is 3.35. The van der Waals surface area contributed by atoms with Gasteiger partial charge in [-0.1, -0.05) is 6.42 Å². The number of nitrogens with zero attached hydrogens (tertiary/aromatic N) is 3. The maximum Gasteiger partial charge on any atom is 0.434 e. The van der Waals surface area contributed by atoms with Crippen LogP contribution in [-0.2, 0) is 6.18 Å². The molecule has 158 valence electrons. The van der Waals surface area contributed by atoms with E-state index in [0.29, 0.717) is 16.9 Å². The van der Waals surface area contributed by atoms with Crippen molar-refractivity contribution < 1.29 is 22.4 Å². The molecular weight excluding hydrogens is 414 g/mol. The minimum Gasteiger partial charge on any atom is -0.358 e. The van der Waals surface area contributed by atoms with Crippen LogP contribution in [-0.4, -0.2) is 30.7 Å². The first-order valence-corrected chi connectivity index (χ1v) is 9.62. The minimum absolute atomic E-state index is 0.00251. The smallest absolute Gasteiger partial charge is 0.358 e. The van der Waals surface area contributed by atoms with Gasteiger partial charge in [-0.15, -0.1) is 0 Å². The lowest BCUT2D eigenvalue weighted by atomic mass is 9.82. The van der Waals surface area contributed by atoms with Crippen LogP contribution >= 0.6 is 0 Å². The molecule has 0 saturated heterocycles. The molecule has 1 aliphatic carbocycles. The van der Waals surface area contributed by atoms with Crippen LogP contribution in [0.2, 0.25) is 0 Å². The quantitative estimate of drug-likeness (QED) is 0.353. The number of H-pyrrole nitrogens is 2. The predicted molar refractivity (Wildman–Crippen MR) is 103 cm³/mol. The summed E-state index contributed by atoms with van der Waals surface area (Å²) in [5.41, 5.74) is -0.529. The van der Waals surface area contributed by atoms with E-state index >= 15 is 0 Å². The van der Waals surface area contributed by atoms with Gasteiger partial charge in [-0.25, -0.2) is 9.37 Å². The number of nitrogens with one attached hydrogen (secondary N) is 2. The second-order valence-corrected chi connectivity index (χ2v) is 7.46. The van der Waals surface area contributed by atoms with Crippen molar-refractivity contribution in [3.63, 3.8) is 0 Å². The summed E-state index contributed by atoms with van der Waals surface area (Å²) >= 11 is 0. The Morgan fingerprint density at radius 3 is 2.71 bits per heavy atom. The Balaban J connectivity index is 1.49. The van der Waals surface area contributed by atoms with Gasteiger partial charge in [-0.2, -0.15) is 13.2 Å².